The third-order valence-electron chi connectivity index (χ3n) is 4.93. The van der Waals surface area contributed by atoms with Crippen LogP contribution in [0.4, 0.5) is 11.4 Å². The highest BCUT2D eigenvalue weighted by molar-refractivity contribution is 6.33. The van der Waals surface area contributed by atoms with E-state index in [0.717, 1.165) is 5.56 Å². The van der Waals surface area contributed by atoms with E-state index >= 15 is 0 Å². The van der Waals surface area contributed by atoms with Gasteiger partial charge in [0, 0.05) is 22.5 Å². The van der Waals surface area contributed by atoms with Crippen molar-refractivity contribution >= 4 is 34.8 Å². The lowest BCUT2D eigenvalue weighted by molar-refractivity contribution is 0.101. The van der Waals surface area contributed by atoms with Gasteiger partial charge < -0.3 is 15.2 Å². The minimum atomic E-state index is -0.379. The molecule has 0 radical (unpaired) electrons. The third kappa shape index (κ3) is 4.55. The second kappa shape index (κ2) is 9.08. The Balaban J connectivity index is 1.49. The molecule has 0 unspecified atom stereocenters. The van der Waals surface area contributed by atoms with Gasteiger partial charge in [-0.25, -0.2) is 0 Å². The number of rotatable bonds is 5. The molecule has 2 N–H and O–H groups in total. The molecule has 0 bridgehead atoms. The highest BCUT2D eigenvalue weighted by Gasteiger charge is 2.23. The van der Waals surface area contributed by atoms with Gasteiger partial charge in [-0.3, -0.25) is 9.59 Å². The zero-order valence-corrected chi connectivity index (χ0v) is 18.2. The van der Waals surface area contributed by atoms with Crippen LogP contribution in [0, 0.1) is 13.8 Å². The lowest BCUT2D eigenvalue weighted by Gasteiger charge is -2.09. The molecule has 0 aliphatic heterocycles. The molecule has 160 valence electrons. The van der Waals surface area contributed by atoms with Crippen LogP contribution in [0.25, 0.3) is 11.3 Å². The number of nitrogens with zero attached hydrogens (tertiary/aromatic N) is 1. The molecule has 0 atom stereocenters. The van der Waals surface area contributed by atoms with Crippen molar-refractivity contribution in [2.24, 2.45) is 0 Å². The zero-order chi connectivity index (χ0) is 22.7. The Morgan fingerprint density at radius 3 is 2.06 bits per heavy atom. The summed E-state index contributed by atoms with van der Waals surface area (Å²) in [6.07, 6.45) is 0. The van der Waals surface area contributed by atoms with E-state index in [1.165, 1.54) is 0 Å². The maximum Gasteiger partial charge on any atom is 0.261 e. The number of carbonyl (C=O) groups is 2. The Kier molecular flexibility index (Phi) is 6.05. The molecule has 32 heavy (non-hydrogen) atoms. The normalized spacial score (nSPS) is 10.6. The van der Waals surface area contributed by atoms with E-state index in [2.05, 4.69) is 15.8 Å². The Morgan fingerprint density at radius 1 is 0.812 bits per heavy atom. The van der Waals surface area contributed by atoms with Gasteiger partial charge in [-0.15, -0.1) is 0 Å². The van der Waals surface area contributed by atoms with Crippen LogP contribution >= 0.6 is 11.6 Å². The fourth-order valence-electron chi connectivity index (χ4n) is 3.22. The molecule has 0 saturated carbocycles. The van der Waals surface area contributed by atoms with Crippen LogP contribution in [0.15, 0.2) is 77.3 Å². The minimum absolute atomic E-state index is 0.234. The minimum Gasteiger partial charge on any atom is -0.360 e. The summed E-state index contributed by atoms with van der Waals surface area (Å²) in [6, 6.07) is 21.3. The van der Waals surface area contributed by atoms with Gasteiger partial charge in [-0.05, 0) is 56.3 Å². The SMILES string of the molecule is Cc1ccc(NC(=O)c2ccc(NC(=O)c3c(-c4ccccc4Cl)noc3C)cc2)cc1. The maximum absolute atomic E-state index is 13.0. The van der Waals surface area contributed by atoms with Crippen molar-refractivity contribution in [3.05, 3.63) is 100 Å². The molecular weight excluding hydrogens is 426 g/mol. The quantitative estimate of drug-likeness (QED) is 0.387. The van der Waals surface area contributed by atoms with Gasteiger partial charge in [-0.1, -0.05) is 52.7 Å². The van der Waals surface area contributed by atoms with Crippen LogP contribution in [0.5, 0.6) is 0 Å². The van der Waals surface area contributed by atoms with E-state index in [-0.39, 0.29) is 11.8 Å². The fourth-order valence-corrected chi connectivity index (χ4v) is 3.44. The van der Waals surface area contributed by atoms with Crippen molar-refractivity contribution in [1.82, 2.24) is 5.16 Å². The molecule has 0 aliphatic carbocycles. The lowest BCUT2D eigenvalue weighted by atomic mass is 10.1. The summed E-state index contributed by atoms with van der Waals surface area (Å²) in [5, 5.41) is 10.2. The molecule has 0 spiro atoms. The summed E-state index contributed by atoms with van der Waals surface area (Å²) in [7, 11) is 0. The monoisotopic (exact) mass is 445 g/mol. The van der Waals surface area contributed by atoms with Gasteiger partial charge in [0.25, 0.3) is 11.8 Å². The van der Waals surface area contributed by atoms with Gasteiger partial charge in [0.05, 0.1) is 5.02 Å². The first-order valence-corrected chi connectivity index (χ1v) is 10.3. The van der Waals surface area contributed by atoms with Crippen molar-refractivity contribution in [3.8, 4) is 11.3 Å². The highest BCUT2D eigenvalue weighted by Crippen LogP contribution is 2.31. The first-order valence-electron chi connectivity index (χ1n) is 9.93. The van der Waals surface area contributed by atoms with Crippen LogP contribution in [0.1, 0.15) is 32.0 Å². The summed E-state index contributed by atoms with van der Waals surface area (Å²) < 4.78 is 5.26. The smallest absolute Gasteiger partial charge is 0.261 e. The number of anilines is 2. The Labute approximate surface area is 190 Å². The standard InChI is InChI=1S/C25H20ClN3O3/c1-15-7-11-18(12-8-15)27-24(30)17-9-13-19(14-10-17)28-25(31)22-16(2)32-29-23(22)20-5-3-4-6-21(20)26/h3-14H,1-2H3,(H,27,30)(H,28,31). The van der Waals surface area contributed by atoms with E-state index in [0.29, 0.717) is 44.5 Å². The number of carbonyl (C=O) groups excluding carboxylic acids is 2. The molecule has 0 aliphatic rings. The van der Waals surface area contributed by atoms with Crippen LogP contribution in [-0.4, -0.2) is 17.0 Å². The van der Waals surface area contributed by atoms with Crippen LogP contribution in [0.3, 0.4) is 0 Å². The topological polar surface area (TPSA) is 84.2 Å². The number of aryl methyl sites for hydroxylation is 2. The number of hydrogen-bond acceptors (Lipinski definition) is 4. The van der Waals surface area contributed by atoms with E-state index in [9.17, 15) is 9.59 Å². The summed E-state index contributed by atoms with van der Waals surface area (Å²) in [5.74, 6) is -0.232. The van der Waals surface area contributed by atoms with E-state index in [4.69, 9.17) is 16.1 Å². The fraction of sp³-hybridized carbons (Fsp3) is 0.0800. The molecule has 6 nitrogen and oxygen atoms in total. The van der Waals surface area contributed by atoms with Gasteiger partial charge in [0.15, 0.2) is 0 Å². The Hall–Kier alpha value is -3.90. The number of nitrogens with one attached hydrogen (secondary N) is 2. The average molecular weight is 446 g/mol. The summed E-state index contributed by atoms with van der Waals surface area (Å²) in [4.78, 5) is 25.4. The van der Waals surface area contributed by atoms with Gasteiger partial charge in [0.2, 0.25) is 0 Å². The molecule has 0 saturated heterocycles. The second-order valence-electron chi connectivity index (χ2n) is 7.29. The Morgan fingerprint density at radius 2 is 1.41 bits per heavy atom. The van der Waals surface area contributed by atoms with Crippen molar-refractivity contribution < 1.29 is 14.1 Å². The zero-order valence-electron chi connectivity index (χ0n) is 17.5. The second-order valence-corrected chi connectivity index (χ2v) is 7.70. The highest BCUT2D eigenvalue weighted by atomic mass is 35.5. The van der Waals surface area contributed by atoms with Gasteiger partial charge >= 0.3 is 0 Å². The number of aromatic nitrogens is 1. The molecular formula is C25H20ClN3O3. The first-order chi connectivity index (χ1) is 15.4. The molecule has 4 rings (SSSR count). The molecule has 1 heterocycles. The molecule has 1 aromatic heterocycles. The van der Waals surface area contributed by atoms with Crippen molar-refractivity contribution in [3.63, 3.8) is 0 Å². The maximum atomic E-state index is 13.0. The van der Waals surface area contributed by atoms with E-state index in [1.807, 2.05) is 37.3 Å². The molecule has 4 aromatic rings. The first kappa shape index (κ1) is 21.3. The molecule has 3 aromatic carbocycles. The average Bonchev–Trinajstić information content (AvgIpc) is 3.17. The molecule has 7 heteroatoms. The number of halogens is 1. The number of amides is 2. The van der Waals surface area contributed by atoms with Gasteiger partial charge in [0.1, 0.15) is 17.0 Å². The van der Waals surface area contributed by atoms with Crippen LogP contribution in [0.2, 0.25) is 5.02 Å². The summed E-state index contributed by atoms with van der Waals surface area (Å²) >= 11 is 6.27. The third-order valence-corrected chi connectivity index (χ3v) is 5.26. The number of benzene rings is 3. The largest absolute Gasteiger partial charge is 0.360 e. The van der Waals surface area contributed by atoms with Crippen molar-refractivity contribution in [2.75, 3.05) is 10.6 Å². The molecule has 0 fully saturated rings. The van der Waals surface area contributed by atoms with Crippen LogP contribution in [-0.2, 0) is 0 Å². The van der Waals surface area contributed by atoms with E-state index in [1.54, 1.807) is 49.4 Å². The van der Waals surface area contributed by atoms with E-state index < -0.39 is 0 Å². The van der Waals surface area contributed by atoms with Crippen molar-refractivity contribution in [2.45, 2.75) is 13.8 Å². The predicted molar refractivity (Wildman–Crippen MR) is 125 cm³/mol. The molecule has 2 amide bonds. The summed E-state index contributed by atoms with van der Waals surface area (Å²) in [5.41, 5.74) is 4.13. The predicted octanol–water partition coefficient (Wildman–Crippen LogP) is 6.12. The van der Waals surface area contributed by atoms with Gasteiger partial charge in [-0.2, -0.15) is 0 Å². The number of hydrogen-bond donors (Lipinski definition) is 2. The van der Waals surface area contributed by atoms with Crippen molar-refractivity contribution in [1.29, 1.82) is 0 Å². The van der Waals surface area contributed by atoms with Crippen LogP contribution < -0.4 is 10.6 Å². The Bertz CT molecular complexity index is 1280. The lowest BCUT2D eigenvalue weighted by Crippen LogP contribution is -2.14. The summed E-state index contributed by atoms with van der Waals surface area (Å²) in [6.45, 7) is 3.65.